The maximum Gasteiger partial charge on any atom is 0.328 e. The van der Waals surface area contributed by atoms with Crippen LogP contribution in [0.3, 0.4) is 0 Å². The monoisotopic (exact) mass is 537 g/mol. The largest absolute Gasteiger partial charge is 0.494 e. The van der Waals surface area contributed by atoms with Gasteiger partial charge in [-0.25, -0.2) is 9.79 Å². The van der Waals surface area contributed by atoms with E-state index in [1.54, 1.807) is 36.4 Å². The summed E-state index contributed by atoms with van der Waals surface area (Å²) in [6, 6.07) is 13.1. The van der Waals surface area contributed by atoms with Crippen LogP contribution in [0.25, 0.3) is 0 Å². The Morgan fingerprint density at radius 3 is 2.42 bits per heavy atom. The molecule has 2 amide bonds. The summed E-state index contributed by atoms with van der Waals surface area (Å²) in [5.74, 6) is -0.698. The van der Waals surface area contributed by atoms with Crippen LogP contribution in [0.5, 0.6) is 11.6 Å². The molecule has 1 fully saturated rings. The number of ether oxygens (including phenoxy) is 1. The number of hydrogen-bond acceptors (Lipinski definition) is 8. The Morgan fingerprint density at radius 2 is 1.79 bits per heavy atom. The number of hydrogen-bond donors (Lipinski definition) is 5. The van der Waals surface area contributed by atoms with Gasteiger partial charge < -0.3 is 20.5 Å². The predicted molar refractivity (Wildman–Crippen MR) is 145 cm³/mol. The SMILES string of the molecule is CCOc1ccc(NC(=O)CC2SC(=NC(c3ccc(CC)cc3)c3c(O)[nH]c(=O)[nH]c3=O)NC2=O)cc1. The van der Waals surface area contributed by atoms with Crippen LogP contribution < -0.4 is 26.6 Å². The molecule has 1 aromatic heterocycles. The highest BCUT2D eigenvalue weighted by Gasteiger charge is 2.33. The molecule has 2 aromatic carbocycles. The smallest absolute Gasteiger partial charge is 0.328 e. The van der Waals surface area contributed by atoms with Crippen molar-refractivity contribution in [3.8, 4) is 11.6 Å². The summed E-state index contributed by atoms with van der Waals surface area (Å²) in [6.07, 6.45) is 0.694. The molecule has 4 rings (SSSR count). The molecule has 12 heteroatoms. The zero-order chi connectivity index (χ0) is 27.2. The predicted octanol–water partition coefficient (Wildman–Crippen LogP) is 2.44. The number of aliphatic imine (C=N–C) groups is 1. The molecule has 0 aliphatic carbocycles. The minimum Gasteiger partial charge on any atom is -0.494 e. The summed E-state index contributed by atoms with van der Waals surface area (Å²) < 4.78 is 5.39. The quantitative estimate of drug-likeness (QED) is 0.280. The van der Waals surface area contributed by atoms with E-state index in [2.05, 4.69) is 25.6 Å². The van der Waals surface area contributed by atoms with Crippen molar-refractivity contribution in [1.82, 2.24) is 15.3 Å². The van der Waals surface area contributed by atoms with Gasteiger partial charge in [-0.05, 0) is 48.7 Å². The van der Waals surface area contributed by atoms with Crippen molar-refractivity contribution in [2.24, 2.45) is 4.99 Å². The van der Waals surface area contributed by atoms with Crippen LogP contribution in [0.1, 0.15) is 43.0 Å². The maximum absolute atomic E-state index is 12.6. The number of H-pyrrole nitrogens is 2. The topological polar surface area (TPSA) is 166 Å². The van der Waals surface area contributed by atoms with E-state index in [9.17, 15) is 24.3 Å². The van der Waals surface area contributed by atoms with E-state index < -0.39 is 34.3 Å². The van der Waals surface area contributed by atoms with Crippen LogP contribution in [0.4, 0.5) is 5.69 Å². The molecule has 0 spiro atoms. The first-order chi connectivity index (χ1) is 18.3. The van der Waals surface area contributed by atoms with Gasteiger partial charge in [0.05, 0.1) is 6.61 Å². The van der Waals surface area contributed by atoms with E-state index in [0.717, 1.165) is 23.7 Å². The van der Waals surface area contributed by atoms with E-state index in [0.29, 0.717) is 23.6 Å². The highest BCUT2D eigenvalue weighted by atomic mass is 32.2. The third-order valence-corrected chi connectivity index (χ3v) is 6.87. The molecule has 0 radical (unpaired) electrons. The van der Waals surface area contributed by atoms with Gasteiger partial charge in [0.25, 0.3) is 5.56 Å². The lowest BCUT2D eigenvalue weighted by Crippen LogP contribution is -2.29. The number of benzene rings is 2. The minimum atomic E-state index is -1.03. The zero-order valence-electron chi connectivity index (χ0n) is 20.7. The Bertz CT molecular complexity index is 1460. The number of carbonyl (C=O) groups excluding carboxylic acids is 2. The average molecular weight is 538 g/mol. The fourth-order valence-corrected chi connectivity index (χ4v) is 4.87. The first-order valence-electron chi connectivity index (χ1n) is 12.0. The first-order valence-corrected chi connectivity index (χ1v) is 12.9. The maximum atomic E-state index is 12.6. The minimum absolute atomic E-state index is 0.108. The van der Waals surface area contributed by atoms with Gasteiger partial charge in [0.15, 0.2) is 5.17 Å². The first kappa shape index (κ1) is 26.7. The lowest BCUT2D eigenvalue weighted by atomic mass is 9.99. The molecular formula is C26H27N5O6S. The van der Waals surface area contributed by atoms with Gasteiger partial charge in [-0.3, -0.25) is 24.4 Å². The zero-order valence-corrected chi connectivity index (χ0v) is 21.6. The molecule has 2 heterocycles. The van der Waals surface area contributed by atoms with Gasteiger partial charge in [0.2, 0.25) is 17.7 Å². The number of amides is 2. The lowest BCUT2D eigenvalue weighted by molar-refractivity contribution is -0.122. The van der Waals surface area contributed by atoms with E-state index in [-0.39, 0.29) is 23.1 Å². The summed E-state index contributed by atoms with van der Waals surface area (Å²) in [5.41, 5.74) is 0.356. The molecule has 0 bridgehead atoms. The molecule has 3 aromatic rings. The van der Waals surface area contributed by atoms with Crippen molar-refractivity contribution < 1.29 is 19.4 Å². The molecule has 11 nitrogen and oxygen atoms in total. The van der Waals surface area contributed by atoms with E-state index in [4.69, 9.17) is 4.74 Å². The molecule has 1 aliphatic heterocycles. The Hall–Kier alpha value is -4.32. The molecule has 5 N–H and O–H groups in total. The lowest BCUT2D eigenvalue weighted by Gasteiger charge is -2.15. The number of aromatic amines is 2. The molecule has 0 saturated carbocycles. The second-order valence-electron chi connectivity index (χ2n) is 8.41. The number of nitrogens with one attached hydrogen (secondary N) is 4. The van der Waals surface area contributed by atoms with Crippen molar-refractivity contribution >= 4 is 34.4 Å². The molecule has 1 saturated heterocycles. The average Bonchev–Trinajstić information content (AvgIpc) is 3.22. The Kier molecular flexibility index (Phi) is 8.31. The van der Waals surface area contributed by atoms with Crippen LogP contribution in [0, 0.1) is 0 Å². The number of aromatic nitrogens is 2. The van der Waals surface area contributed by atoms with E-state index >= 15 is 0 Å². The Morgan fingerprint density at radius 1 is 1.08 bits per heavy atom. The van der Waals surface area contributed by atoms with Gasteiger partial charge in [-0.2, -0.15) is 0 Å². The summed E-state index contributed by atoms with van der Waals surface area (Å²) >= 11 is 1.05. The van der Waals surface area contributed by atoms with Crippen molar-refractivity contribution in [3.05, 3.63) is 86.1 Å². The second-order valence-corrected chi connectivity index (χ2v) is 9.60. The van der Waals surface area contributed by atoms with Crippen molar-refractivity contribution in [1.29, 1.82) is 0 Å². The Labute approximate surface area is 221 Å². The van der Waals surface area contributed by atoms with E-state index in [1.165, 1.54) is 0 Å². The third-order valence-electron chi connectivity index (χ3n) is 5.78. The molecule has 2 unspecified atom stereocenters. The summed E-state index contributed by atoms with van der Waals surface area (Å²) in [6.45, 7) is 4.41. The van der Waals surface area contributed by atoms with E-state index in [1.807, 2.05) is 26.0 Å². The summed E-state index contributed by atoms with van der Waals surface area (Å²) in [4.78, 5) is 58.3. The number of aromatic hydroxyl groups is 1. The number of carbonyl (C=O) groups is 2. The van der Waals surface area contributed by atoms with Crippen LogP contribution in [0.2, 0.25) is 0 Å². The van der Waals surface area contributed by atoms with Crippen molar-refractivity contribution in [3.63, 3.8) is 0 Å². The number of aryl methyl sites for hydroxylation is 1. The van der Waals surface area contributed by atoms with Gasteiger partial charge >= 0.3 is 5.69 Å². The van der Waals surface area contributed by atoms with Crippen LogP contribution in [-0.2, 0) is 16.0 Å². The van der Waals surface area contributed by atoms with Crippen LogP contribution in [-0.4, -0.2) is 43.9 Å². The summed E-state index contributed by atoms with van der Waals surface area (Å²) in [5, 5.41) is 15.2. The second kappa shape index (κ2) is 11.8. The molecule has 1 aliphatic rings. The summed E-state index contributed by atoms with van der Waals surface area (Å²) in [7, 11) is 0. The van der Waals surface area contributed by atoms with Gasteiger partial charge in [0, 0.05) is 12.1 Å². The third kappa shape index (κ3) is 6.32. The Balaban J connectivity index is 1.54. The highest BCUT2D eigenvalue weighted by Crippen LogP contribution is 2.32. The van der Waals surface area contributed by atoms with Crippen molar-refractivity contribution in [2.75, 3.05) is 11.9 Å². The number of anilines is 1. The fourth-order valence-electron chi connectivity index (χ4n) is 3.88. The number of rotatable bonds is 9. The van der Waals surface area contributed by atoms with Gasteiger partial charge in [-0.15, -0.1) is 0 Å². The molecule has 2 atom stereocenters. The van der Waals surface area contributed by atoms with Crippen LogP contribution >= 0.6 is 11.8 Å². The van der Waals surface area contributed by atoms with Crippen LogP contribution in [0.15, 0.2) is 63.1 Å². The fraction of sp³-hybridized carbons (Fsp3) is 0.269. The number of amidine groups is 1. The number of nitrogens with zero attached hydrogens (tertiary/aromatic N) is 1. The normalized spacial score (nSPS) is 16.7. The number of thioether (sulfide) groups is 1. The molecule has 198 valence electrons. The van der Waals surface area contributed by atoms with Gasteiger partial charge in [-0.1, -0.05) is 43.0 Å². The molecule has 38 heavy (non-hydrogen) atoms. The van der Waals surface area contributed by atoms with Crippen molar-refractivity contribution in [2.45, 2.75) is 38.0 Å². The standard InChI is InChI=1S/C26H27N5O6S/c1-3-14-5-7-15(8-6-14)21(20-23(34)29-25(36)30-24(20)35)28-26-31-22(33)18(38-26)13-19(32)27-16-9-11-17(12-10-16)37-4-2/h5-12,18,21H,3-4,13H2,1-2H3,(H,27,32)(H,28,31,33)(H3,29,30,34,35,36). The highest BCUT2D eigenvalue weighted by molar-refractivity contribution is 8.15. The molecular weight excluding hydrogens is 510 g/mol. The van der Waals surface area contributed by atoms with Gasteiger partial charge in [0.1, 0.15) is 22.6 Å².